The summed E-state index contributed by atoms with van der Waals surface area (Å²) in [5.41, 5.74) is 1.29. The summed E-state index contributed by atoms with van der Waals surface area (Å²) >= 11 is 0. The van der Waals surface area contributed by atoms with Crippen LogP contribution in [0.3, 0.4) is 0 Å². The van der Waals surface area contributed by atoms with E-state index in [1.807, 2.05) is 17.9 Å². The number of hydrogen-bond donors (Lipinski definition) is 1. The molecule has 0 radical (unpaired) electrons. The van der Waals surface area contributed by atoms with E-state index in [1.54, 1.807) is 0 Å². The first-order valence-electron chi connectivity index (χ1n) is 5.63. The van der Waals surface area contributed by atoms with Gasteiger partial charge in [-0.2, -0.15) is 5.10 Å². The molecule has 0 spiro atoms. The molecule has 1 N–H and O–H groups in total. The van der Waals surface area contributed by atoms with Crippen LogP contribution in [-0.2, 0) is 18.2 Å². The molecule has 4 nitrogen and oxygen atoms in total. The van der Waals surface area contributed by atoms with Crippen molar-refractivity contribution in [3.8, 4) is 0 Å². The summed E-state index contributed by atoms with van der Waals surface area (Å²) < 4.78 is 7.26. The van der Waals surface area contributed by atoms with Crippen LogP contribution in [0.15, 0.2) is 12.4 Å². The quantitative estimate of drug-likeness (QED) is 0.794. The summed E-state index contributed by atoms with van der Waals surface area (Å²) in [5.74, 6) is 0. The van der Waals surface area contributed by atoms with Crippen molar-refractivity contribution in [3.63, 3.8) is 0 Å². The van der Waals surface area contributed by atoms with Crippen molar-refractivity contribution in [2.24, 2.45) is 7.05 Å². The molecular formula is C11H19N3O. The molecule has 1 saturated heterocycles. The number of rotatable bonds is 4. The number of hydrogen-bond acceptors (Lipinski definition) is 3. The van der Waals surface area contributed by atoms with E-state index in [0.717, 1.165) is 26.2 Å². The van der Waals surface area contributed by atoms with Crippen LogP contribution in [0.1, 0.15) is 18.4 Å². The normalized spacial score (nSPS) is 21.8. The molecular weight excluding hydrogens is 190 g/mol. The average molecular weight is 209 g/mol. The van der Waals surface area contributed by atoms with E-state index in [-0.39, 0.29) is 0 Å². The molecule has 0 bridgehead atoms. The highest BCUT2D eigenvalue weighted by atomic mass is 16.5. The van der Waals surface area contributed by atoms with Crippen molar-refractivity contribution >= 4 is 0 Å². The molecule has 1 atom stereocenters. The van der Waals surface area contributed by atoms with Crippen molar-refractivity contribution < 1.29 is 4.74 Å². The Morgan fingerprint density at radius 2 is 2.60 bits per heavy atom. The van der Waals surface area contributed by atoms with Gasteiger partial charge >= 0.3 is 0 Å². The molecule has 2 rings (SSSR count). The SMILES string of the molecule is Cn1cc(CCNC2CCCOC2)cn1. The van der Waals surface area contributed by atoms with Gasteiger partial charge in [0.25, 0.3) is 0 Å². The Hall–Kier alpha value is -0.870. The van der Waals surface area contributed by atoms with Crippen LogP contribution >= 0.6 is 0 Å². The highest BCUT2D eigenvalue weighted by Gasteiger charge is 2.12. The summed E-state index contributed by atoms with van der Waals surface area (Å²) in [6, 6.07) is 0.551. The third-order valence-electron chi connectivity index (χ3n) is 2.77. The topological polar surface area (TPSA) is 39.1 Å². The molecule has 15 heavy (non-hydrogen) atoms. The van der Waals surface area contributed by atoms with Crippen molar-refractivity contribution in [2.45, 2.75) is 25.3 Å². The highest BCUT2D eigenvalue weighted by Crippen LogP contribution is 2.05. The second-order valence-corrected chi connectivity index (χ2v) is 4.14. The third-order valence-corrected chi connectivity index (χ3v) is 2.77. The maximum Gasteiger partial charge on any atom is 0.0619 e. The number of aryl methyl sites for hydroxylation is 1. The molecule has 4 heteroatoms. The lowest BCUT2D eigenvalue weighted by molar-refractivity contribution is 0.0707. The minimum Gasteiger partial charge on any atom is -0.380 e. The van der Waals surface area contributed by atoms with Crippen LogP contribution in [0.4, 0.5) is 0 Å². The van der Waals surface area contributed by atoms with Crippen LogP contribution in [0.25, 0.3) is 0 Å². The van der Waals surface area contributed by atoms with Crippen LogP contribution in [0.5, 0.6) is 0 Å². The molecule has 0 saturated carbocycles. The fourth-order valence-electron chi connectivity index (χ4n) is 1.92. The maximum absolute atomic E-state index is 5.41. The van der Waals surface area contributed by atoms with Gasteiger partial charge in [0.05, 0.1) is 12.8 Å². The number of nitrogens with zero attached hydrogens (tertiary/aromatic N) is 2. The van der Waals surface area contributed by atoms with Crippen LogP contribution in [-0.4, -0.2) is 35.6 Å². The van der Waals surface area contributed by atoms with Gasteiger partial charge in [-0.05, 0) is 31.4 Å². The molecule has 1 aromatic rings. The molecule has 2 heterocycles. The Labute approximate surface area is 90.6 Å². The van der Waals surface area contributed by atoms with E-state index < -0.39 is 0 Å². The van der Waals surface area contributed by atoms with E-state index in [4.69, 9.17) is 4.74 Å². The van der Waals surface area contributed by atoms with E-state index in [1.165, 1.54) is 18.4 Å². The van der Waals surface area contributed by atoms with Gasteiger partial charge in [-0.3, -0.25) is 4.68 Å². The monoisotopic (exact) mass is 209 g/mol. The van der Waals surface area contributed by atoms with Gasteiger partial charge in [0, 0.05) is 25.9 Å². The number of ether oxygens (including phenoxy) is 1. The Bertz CT molecular complexity index is 292. The molecule has 1 aliphatic rings. The summed E-state index contributed by atoms with van der Waals surface area (Å²) in [6.07, 6.45) is 7.47. The van der Waals surface area contributed by atoms with Gasteiger partial charge in [0.15, 0.2) is 0 Å². The lowest BCUT2D eigenvalue weighted by atomic mass is 10.1. The standard InChI is InChI=1S/C11H19N3O/c1-14-8-10(7-13-14)4-5-12-11-3-2-6-15-9-11/h7-8,11-12H,2-6,9H2,1H3. The smallest absolute Gasteiger partial charge is 0.0619 e. The summed E-state index contributed by atoms with van der Waals surface area (Å²) in [4.78, 5) is 0. The first kappa shape index (κ1) is 10.6. The van der Waals surface area contributed by atoms with Gasteiger partial charge in [-0.15, -0.1) is 0 Å². The highest BCUT2D eigenvalue weighted by molar-refractivity contribution is 5.03. The van der Waals surface area contributed by atoms with Gasteiger partial charge in [-0.1, -0.05) is 0 Å². The van der Waals surface area contributed by atoms with Gasteiger partial charge in [0.2, 0.25) is 0 Å². The molecule has 84 valence electrons. The molecule has 0 aliphatic carbocycles. The second kappa shape index (κ2) is 5.28. The lowest BCUT2D eigenvalue weighted by Crippen LogP contribution is -2.37. The van der Waals surface area contributed by atoms with Crippen molar-refractivity contribution in [3.05, 3.63) is 18.0 Å². The molecule has 1 aliphatic heterocycles. The minimum atomic E-state index is 0.551. The summed E-state index contributed by atoms with van der Waals surface area (Å²) in [7, 11) is 1.95. The van der Waals surface area contributed by atoms with Gasteiger partial charge in [0.1, 0.15) is 0 Å². The Kier molecular flexibility index (Phi) is 3.75. The van der Waals surface area contributed by atoms with Gasteiger partial charge in [-0.25, -0.2) is 0 Å². The lowest BCUT2D eigenvalue weighted by Gasteiger charge is -2.23. The van der Waals surface area contributed by atoms with Crippen LogP contribution < -0.4 is 5.32 Å². The largest absolute Gasteiger partial charge is 0.380 e. The van der Waals surface area contributed by atoms with E-state index in [2.05, 4.69) is 16.6 Å². The summed E-state index contributed by atoms with van der Waals surface area (Å²) in [5, 5.41) is 7.66. The maximum atomic E-state index is 5.41. The zero-order valence-electron chi connectivity index (χ0n) is 9.28. The first-order valence-corrected chi connectivity index (χ1v) is 5.63. The minimum absolute atomic E-state index is 0.551. The predicted molar refractivity (Wildman–Crippen MR) is 58.8 cm³/mol. The Balaban J connectivity index is 1.65. The zero-order valence-corrected chi connectivity index (χ0v) is 9.28. The molecule has 1 unspecified atom stereocenters. The Morgan fingerprint density at radius 3 is 3.27 bits per heavy atom. The first-order chi connectivity index (χ1) is 7.34. The van der Waals surface area contributed by atoms with E-state index in [0.29, 0.717) is 6.04 Å². The van der Waals surface area contributed by atoms with Crippen LogP contribution in [0, 0.1) is 0 Å². The average Bonchev–Trinajstić information content (AvgIpc) is 2.66. The fourth-order valence-corrected chi connectivity index (χ4v) is 1.92. The number of aromatic nitrogens is 2. The fraction of sp³-hybridized carbons (Fsp3) is 0.727. The summed E-state index contributed by atoms with van der Waals surface area (Å²) in [6.45, 7) is 2.81. The third kappa shape index (κ3) is 3.32. The number of nitrogens with one attached hydrogen (secondary N) is 1. The molecule has 0 aromatic carbocycles. The van der Waals surface area contributed by atoms with Gasteiger partial charge < -0.3 is 10.1 Å². The molecule has 0 amide bonds. The van der Waals surface area contributed by atoms with Crippen molar-refractivity contribution in [2.75, 3.05) is 19.8 Å². The zero-order chi connectivity index (χ0) is 10.5. The van der Waals surface area contributed by atoms with Crippen molar-refractivity contribution in [1.29, 1.82) is 0 Å². The molecule has 1 aromatic heterocycles. The van der Waals surface area contributed by atoms with Crippen molar-refractivity contribution in [1.82, 2.24) is 15.1 Å². The predicted octanol–water partition coefficient (Wildman–Crippen LogP) is 0.731. The van der Waals surface area contributed by atoms with E-state index >= 15 is 0 Å². The Morgan fingerprint density at radius 1 is 1.67 bits per heavy atom. The molecule has 1 fully saturated rings. The van der Waals surface area contributed by atoms with Crippen LogP contribution in [0.2, 0.25) is 0 Å². The second-order valence-electron chi connectivity index (χ2n) is 4.14. The van der Waals surface area contributed by atoms with E-state index in [9.17, 15) is 0 Å².